The molecule has 2 nitrogen and oxygen atoms in total. The maximum Gasteiger partial charge on any atom is 0.165 e. The highest BCUT2D eigenvalue weighted by Gasteiger charge is 2.08. The van der Waals surface area contributed by atoms with Crippen molar-refractivity contribution in [3.05, 3.63) is 70.8 Å². The van der Waals surface area contributed by atoms with Gasteiger partial charge in [0.05, 0.1) is 0 Å². The van der Waals surface area contributed by atoms with Gasteiger partial charge in [-0.15, -0.1) is 0 Å². The number of benzene rings is 2. The van der Waals surface area contributed by atoms with Gasteiger partial charge in [0.2, 0.25) is 0 Å². The van der Waals surface area contributed by atoms with Crippen molar-refractivity contribution in [2.45, 2.75) is 13.8 Å². The van der Waals surface area contributed by atoms with E-state index in [-0.39, 0.29) is 11.5 Å². The third kappa shape index (κ3) is 2.54. The number of aryl methyl sites for hydroxylation is 2. The summed E-state index contributed by atoms with van der Waals surface area (Å²) in [5, 5.41) is 20.1. The van der Waals surface area contributed by atoms with Crippen LogP contribution in [-0.4, -0.2) is 10.2 Å². The Hall–Kier alpha value is -2.22. The van der Waals surface area contributed by atoms with Gasteiger partial charge in [0.15, 0.2) is 11.5 Å². The molecule has 0 aliphatic heterocycles. The van der Waals surface area contributed by atoms with E-state index in [2.05, 4.69) is 0 Å². The molecule has 2 aromatic carbocycles. The lowest BCUT2D eigenvalue weighted by Gasteiger charge is -2.06. The first-order valence-electron chi connectivity index (χ1n) is 5.84. The van der Waals surface area contributed by atoms with Gasteiger partial charge in [-0.3, -0.25) is 0 Å². The maximum absolute atomic E-state index is 10.0. The molecule has 2 rings (SSSR count). The van der Waals surface area contributed by atoms with Crippen molar-refractivity contribution in [2.24, 2.45) is 0 Å². The highest BCUT2D eigenvalue weighted by molar-refractivity contribution is 5.82. The van der Waals surface area contributed by atoms with Crippen LogP contribution in [0.5, 0.6) is 0 Å². The quantitative estimate of drug-likeness (QED) is 0.608. The van der Waals surface area contributed by atoms with Crippen molar-refractivity contribution in [3.63, 3.8) is 0 Å². The minimum Gasteiger partial charge on any atom is -0.504 e. The highest BCUT2D eigenvalue weighted by atomic mass is 16.3. The van der Waals surface area contributed by atoms with Crippen LogP contribution < -0.4 is 0 Å². The van der Waals surface area contributed by atoms with E-state index in [4.69, 9.17) is 0 Å². The van der Waals surface area contributed by atoms with Crippen LogP contribution in [0, 0.1) is 13.8 Å². The van der Waals surface area contributed by atoms with Gasteiger partial charge in [-0.25, -0.2) is 0 Å². The maximum atomic E-state index is 10.0. The van der Waals surface area contributed by atoms with Crippen molar-refractivity contribution in [2.75, 3.05) is 0 Å². The summed E-state index contributed by atoms with van der Waals surface area (Å²) < 4.78 is 0. The molecule has 0 heterocycles. The normalized spacial score (nSPS) is 12.1. The Morgan fingerprint density at radius 2 is 0.889 bits per heavy atom. The zero-order valence-corrected chi connectivity index (χ0v) is 10.5. The Kier molecular flexibility index (Phi) is 3.38. The zero-order chi connectivity index (χ0) is 13.1. The minimum absolute atomic E-state index is 0.0983. The van der Waals surface area contributed by atoms with Gasteiger partial charge in [0.1, 0.15) is 0 Å². The molecular weight excluding hydrogens is 224 g/mol. The fourth-order valence-corrected chi connectivity index (χ4v) is 1.70. The van der Waals surface area contributed by atoms with E-state index in [1.165, 1.54) is 0 Å². The van der Waals surface area contributed by atoms with Crippen molar-refractivity contribution in [1.82, 2.24) is 0 Å². The van der Waals surface area contributed by atoms with Gasteiger partial charge in [-0.1, -0.05) is 59.7 Å². The summed E-state index contributed by atoms with van der Waals surface area (Å²) in [4.78, 5) is 0. The summed E-state index contributed by atoms with van der Waals surface area (Å²) in [6.45, 7) is 3.95. The molecule has 0 bridgehead atoms. The van der Waals surface area contributed by atoms with Crippen LogP contribution in [0.3, 0.4) is 0 Å². The molecule has 92 valence electrons. The molecule has 0 saturated carbocycles. The summed E-state index contributed by atoms with van der Waals surface area (Å²) in [6.07, 6.45) is 0. The van der Waals surface area contributed by atoms with Gasteiger partial charge in [0, 0.05) is 11.1 Å². The first-order chi connectivity index (χ1) is 8.58. The molecule has 0 amide bonds. The van der Waals surface area contributed by atoms with E-state index in [1.54, 1.807) is 24.3 Å². The van der Waals surface area contributed by atoms with E-state index in [9.17, 15) is 10.2 Å². The van der Waals surface area contributed by atoms with Gasteiger partial charge >= 0.3 is 0 Å². The third-order valence-corrected chi connectivity index (χ3v) is 2.87. The number of aliphatic hydroxyl groups is 2. The van der Waals surface area contributed by atoms with Crippen molar-refractivity contribution >= 4 is 11.5 Å². The van der Waals surface area contributed by atoms with Crippen LogP contribution in [0.25, 0.3) is 11.5 Å². The second kappa shape index (κ2) is 4.96. The lowest BCUT2D eigenvalue weighted by atomic mass is 10.1. The smallest absolute Gasteiger partial charge is 0.165 e. The van der Waals surface area contributed by atoms with Crippen LogP contribution >= 0.6 is 0 Å². The minimum atomic E-state index is -0.0983. The Bertz CT molecular complexity index is 510. The molecule has 0 aliphatic rings. The van der Waals surface area contributed by atoms with Crippen LogP contribution in [0.4, 0.5) is 0 Å². The van der Waals surface area contributed by atoms with Crippen LogP contribution in [0.2, 0.25) is 0 Å². The average molecular weight is 240 g/mol. The topological polar surface area (TPSA) is 40.5 Å². The first kappa shape index (κ1) is 12.2. The Morgan fingerprint density at radius 1 is 0.611 bits per heavy atom. The predicted molar refractivity (Wildman–Crippen MR) is 74.4 cm³/mol. The number of rotatable bonds is 2. The highest BCUT2D eigenvalue weighted by Crippen LogP contribution is 2.22. The second-order valence-electron chi connectivity index (χ2n) is 4.43. The Balaban J connectivity index is 2.40. The Labute approximate surface area is 107 Å². The third-order valence-electron chi connectivity index (χ3n) is 2.87. The van der Waals surface area contributed by atoms with Gasteiger partial charge in [0.25, 0.3) is 0 Å². The summed E-state index contributed by atoms with van der Waals surface area (Å²) in [5.41, 5.74) is 3.44. The fourth-order valence-electron chi connectivity index (χ4n) is 1.70. The number of hydrogen-bond donors (Lipinski definition) is 2. The molecule has 0 aromatic heterocycles. The molecule has 0 aliphatic carbocycles. The number of aliphatic hydroxyl groups excluding tert-OH is 2. The van der Waals surface area contributed by atoms with E-state index < -0.39 is 0 Å². The molecule has 2 heteroatoms. The number of hydrogen-bond acceptors (Lipinski definition) is 2. The molecule has 18 heavy (non-hydrogen) atoms. The monoisotopic (exact) mass is 240 g/mol. The molecule has 0 unspecified atom stereocenters. The van der Waals surface area contributed by atoms with E-state index in [0.717, 1.165) is 11.1 Å². The largest absolute Gasteiger partial charge is 0.504 e. The molecule has 0 spiro atoms. The lowest BCUT2D eigenvalue weighted by molar-refractivity contribution is 0.459. The zero-order valence-electron chi connectivity index (χ0n) is 10.5. The van der Waals surface area contributed by atoms with E-state index >= 15 is 0 Å². The van der Waals surface area contributed by atoms with Crippen LogP contribution in [-0.2, 0) is 0 Å². The molecule has 0 radical (unpaired) electrons. The summed E-state index contributed by atoms with van der Waals surface area (Å²) >= 11 is 0. The molecular formula is C16H16O2. The van der Waals surface area contributed by atoms with Crippen LogP contribution in [0.15, 0.2) is 48.5 Å². The molecule has 0 atom stereocenters. The summed E-state index contributed by atoms with van der Waals surface area (Å²) in [7, 11) is 0. The lowest BCUT2D eigenvalue weighted by Crippen LogP contribution is -1.91. The van der Waals surface area contributed by atoms with E-state index in [1.807, 2.05) is 38.1 Å². The predicted octanol–water partition coefficient (Wildman–Crippen LogP) is 4.25. The summed E-state index contributed by atoms with van der Waals surface area (Å²) in [6, 6.07) is 14.7. The van der Waals surface area contributed by atoms with Gasteiger partial charge < -0.3 is 10.2 Å². The Morgan fingerprint density at radius 3 is 1.17 bits per heavy atom. The van der Waals surface area contributed by atoms with Gasteiger partial charge in [-0.05, 0) is 13.8 Å². The molecule has 2 N–H and O–H groups in total. The fraction of sp³-hybridized carbons (Fsp3) is 0.125. The van der Waals surface area contributed by atoms with Gasteiger partial charge in [-0.2, -0.15) is 0 Å². The van der Waals surface area contributed by atoms with Crippen LogP contribution in [0.1, 0.15) is 22.3 Å². The molecule has 0 saturated heterocycles. The first-order valence-corrected chi connectivity index (χ1v) is 5.84. The van der Waals surface area contributed by atoms with Crippen molar-refractivity contribution in [3.8, 4) is 0 Å². The standard InChI is InChI=1S/C16H16O2/c1-11-3-7-13(8-4-11)15(17)16(18)14-9-5-12(2)6-10-14/h3-10,17-18H,1-2H3/b16-15+. The molecule has 2 aromatic rings. The average Bonchev–Trinajstić information content (AvgIpc) is 2.39. The second-order valence-corrected chi connectivity index (χ2v) is 4.43. The molecule has 0 fully saturated rings. The van der Waals surface area contributed by atoms with E-state index in [0.29, 0.717) is 11.1 Å². The van der Waals surface area contributed by atoms with Crippen molar-refractivity contribution < 1.29 is 10.2 Å². The van der Waals surface area contributed by atoms with Crippen molar-refractivity contribution in [1.29, 1.82) is 0 Å². The SMILES string of the molecule is Cc1ccc(/C(O)=C(\O)c2ccc(C)cc2)cc1. The summed E-state index contributed by atoms with van der Waals surface area (Å²) in [5.74, 6) is -0.197.